The molecule has 5 heteroatoms. The van der Waals surface area contributed by atoms with E-state index in [4.69, 9.17) is 14.1 Å². The molecule has 0 N–H and O–H groups in total. The summed E-state index contributed by atoms with van der Waals surface area (Å²) in [4.78, 5) is 7.14. The molecular weight excluding hydrogens is 320 g/mol. The second kappa shape index (κ2) is 6.89. The highest BCUT2D eigenvalue weighted by molar-refractivity contribution is 7.13. The third-order valence-corrected chi connectivity index (χ3v) is 5.12. The fourth-order valence-corrected chi connectivity index (χ4v) is 3.76. The molecule has 4 nitrogen and oxygen atoms in total. The molecule has 1 aromatic carbocycles. The average Bonchev–Trinajstić information content (AvgIpc) is 3.25. The van der Waals surface area contributed by atoms with E-state index in [0.717, 1.165) is 48.5 Å². The van der Waals surface area contributed by atoms with Gasteiger partial charge in [-0.05, 0) is 24.6 Å². The molecule has 4 rings (SSSR count). The molecule has 1 fully saturated rings. The van der Waals surface area contributed by atoms with Gasteiger partial charge in [-0.25, -0.2) is 4.98 Å². The molecular formula is C19H20N2O2S. The summed E-state index contributed by atoms with van der Waals surface area (Å²) in [6.07, 6.45) is 0.144. The second-order valence-electron chi connectivity index (χ2n) is 6.06. The van der Waals surface area contributed by atoms with Gasteiger partial charge in [0.1, 0.15) is 5.76 Å². The second-order valence-corrected chi connectivity index (χ2v) is 6.92. The van der Waals surface area contributed by atoms with Crippen molar-refractivity contribution in [3.05, 3.63) is 64.9 Å². The molecule has 1 aliphatic heterocycles. The number of nitrogens with zero attached hydrogens (tertiary/aromatic N) is 2. The summed E-state index contributed by atoms with van der Waals surface area (Å²) in [6, 6.07) is 14.4. The maximum atomic E-state index is 5.93. The number of benzene rings is 1. The van der Waals surface area contributed by atoms with Gasteiger partial charge in [-0.15, -0.1) is 11.3 Å². The van der Waals surface area contributed by atoms with E-state index in [1.807, 2.05) is 25.1 Å². The van der Waals surface area contributed by atoms with Gasteiger partial charge in [-0.2, -0.15) is 0 Å². The lowest BCUT2D eigenvalue weighted by molar-refractivity contribution is -0.0332. The molecule has 1 saturated heterocycles. The van der Waals surface area contributed by atoms with Crippen molar-refractivity contribution in [3.63, 3.8) is 0 Å². The van der Waals surface area contributed by atoms with Crippen LogP contribution in [0.25, 0.3) is 10.8 Å². The van der Waals surface area contributed by atoms with Crippen LogP contribution < -0.4 is 0 Å². The van der Waals surface area contributed by atoms with E-state index in [0.29, 0.717) is 0 Å². The maximum Gasteiger partial charge on any atom is 0.162 e. The molecule has 3 aromatic rings. The third kappa shape index (κ3) is 3.43. The Morgan fingerprint density at radius 2 is 2.08 bits per heavy atom. The van der Waals surface area contributed by atoms with Crippen LogP contribution >= 0.6 is 11.3 Å². The van der Waals surface area contributed by atoms with Crippen LogP contribution in [0.4, 0.5) is 0 Å². The quantitative estimate of drug-likeness (QED) is 0.710. The van der Waals surface area contributed by atoms with Crippen LogP contribution in [0, 0.1) is 6.92 Å². The van der Waals surface area contributed by atoms with Crippen LogP contribution in [0.5, 0.6) is 0 Å². The molecule has 0 amide bonds. The predicted molar refractivity (Wildman–Crippen MR) is 95.0 cm³/mol. The number of aryl methyl sites for hydroxylation is 1. The Morgan fingerprint density at radius 1 is 1.21 bits per heavy atom. The van der Waals surface area contributed by atoms with Crippen LogP contribution in [0.1, 0.15) is 23.1 Å². The lowest BCUT2D eigenvalue weighted by Gasteiger charge is -2.32. The number of rotatable bonds is 4. The van der Waals surface area contributed by atoms with Crippen LogP contribution in [0.2, 0.25) is 0 Å². The Bertz CT molecular complexity index is 797. The van der Waals surface area contributed by atoms with E-state index in [2.05, 4.69) is 34.5 Å². The number of hydrogen-bond acceptors (Lipinski definition) is 5. The van der Waals surface area contributed by atoms with Crippen LogP contribution in [0.3, 0.4) is 0 Å². The molecule has 0 aliphatic carbocycles. The Balaban J connectivity index is 1.43. The molecule has 1 atom stereocenters. The minimum atomic E-state index is 0.144. The summed E-state index contributed by atoms with van der Waals surface area (Å²) in [5.41, 5.74) is 2.34. The average molecular weight is 340 g/mol. The molecule has 3 heterocycles. The van der Waals surface area contributed by atoms with E-state index in [9.17, 15) is 0 Å². The van der Waals surface area contributed by atoms with E-state index in [1.54, 1.807) is 11.3 Å². The monoisotopic (exact) mass is 340 g/mol. The topological polar surface area (TPSA) is 38.5 Å². The first kappa shape index (κ1) is 15.6. The zero-order valence-corrected chi connectivity index (χ0v) is 14.5. The fraction of sp³-hybridized carbons (Fsp3) is 0.316. The van der Waals surface area contributed by atoms with E-state index >= 15 is 0 Å². The predicted octanol–water partition coefficient (Wildman–Crippen LogP) is 4.29. The Hall–Kier alpha value is -1.95. The number of furan rings is 1. The van der Waals surface area contributed by atoms with E-state index in [1.165, 1.54) is 5.56 Å². The van der Waals surface area contributed by atoms with Gasteiger partial charge in [-0.1, -0.05) is 30.3 Å². The van der Waals surface area contributed by atoms with Gasteiger partial charge < -0.3 is 9.15 Å². The third-order valence-electron chi connectivity index (χ3n) is 4.21. The van der Waals surface area contributed by atoms with Crippen molar-refractivity contribution in [2.75, 3.05) is 19.7 Å². The van der Waals surface area contributed by atoms with E-state index in [-0.39, 0.29) is 6.10 Å². The van der Waals surface area contributed by atoms with Gasteiger partial charge in [0.25, 0.3) is 0 Å². The maximum absolute atomic E-state index is 5.93. The number of morpholine rings is 1. The largest absolute Gasteiger partial charge is 0.459 e. The highest BCUT2D eigenvalue weighted by Gasteiger charge is 2.22. The summed E-state index contributed by atoms with van der Waals surface area (Å²) in [6.45, 7) is 5.40. The molecule has 1 aliphatic rings. The van der Waals surface area contributed by atoms with Gasteiger partial charge in [0, 0.05) is 25.0 Å². The number of hydrogen-bond donors (Lipinski definition) is 0. The summed E-state index contributed by atoms with van der Waals surface area (Å²) < 4.78 is 11.6. The molecule has 2 aromatic heterocycles. The Kier molecular flexibility index (Phi) is 4.47. The summed E-state index contributed by atoms with van der Waals surface area (Å²) >= 11 is 1.64. The number of thiazole rings is 1. The fourth-order valence-electron chi connectivity index (χ4n) is 2.99. The first-order valence-electron chi connectivity index (χ1n) is 8.18. The first-order chi connectivity index (χ1) is 11.8. The molecule has 0 bridgehead atoms. The number of ether oxygens (including phenoxy) is 1. The molecule has 124 valence electrons. The highest BCUT2D eigenvalue weighted by atomic mass is 32.1. The van der Waals surface area contributed by atoms with Crippen molar-refractivity contribution in [1.29, 1.82) is 0 Å². The first-order valence-corrected chi connectivity index (χ1v) is 9.06. The van der Waals surface area contributed by atoms with Crippen molar-refractivity contribution in [2.24, 2.45) is 0 Å². The Labute approximate surface area is 145 Å². The smallest absolute Gasteiger partial charge is 0.162 e. The van der Waals surface area contributed by atoms with Gasteiger partial charge in [0.05, 0.1) is 18.4 Å². The minimum Gasteiger partial charge on any atom is -0.459 e. The molecule has 0 unspecified atom stereocenters. The van der Waals surface area contributed by atoms with Crippen molar-refractivity contribution in [1.82, 2.24) is 9.88 Å². The zero-order valence-electron chi connectivity index (χ0n) is 13.6. The summed E-state index contributed by atoms with van der Waals surface area (Å²) in [5.74, 6) is 1.77. The van der Waals surface area contributed by atoms with E-state index < -0.39 is 0 Å². The van der Waals surface area contributed by atoms with Crippen molar-refractivity contribution in [3.8, 4) is 10.8 Å². The molecule has 0 radical (unpaired) electrons. The van der Waals surface area contributed by atoms with Gasteiger partial charge in [0.2, 0.25) is 0 Å². The molecule has 0 spiro atoms. The van der Waals surface area contributed by atoms with Crippen LogP contribution in [-0.4, -0.2) is 29.6 Å². The van der Waals surface area contributed by atoms with Crippen molar-refractivity contribution >= 4 is 11.3 Å². The minimum absolute atomic E-state index is 0.144. The van der Waals surface area contributed by atoms with Crippen molar-refractivity contribution in [2.45, 2.75) is 19.6 Å². The highest BCUT2D eigenvalue weighted by Crippen LogP contribution is 2.27. The lowest BCUT2D eigenvalue weighted by Crippen LogP contribution is -2.37. The number of aromatic nitrogens is 1. The van der Waals surface area contributed by atoms with Crippen LogP contribution in [-0.2, 0) is 11.3 Å². The molecule has 24 heavy (non-hydrogen) atoms. The van der Waals surface area contributed by atoms with Gasteiger partial charge in [-0.3, -0.25) is 4.90 Å². The SMILES string of the molecule is Cc1ccc(-c2nc(CN3CCO[C@@H](c4ccccc4)C3)cs2)o1. The Morgan fingerprint density at radius 3 is 2.88 bits per heavy atom. The summed E-state index contributed by atoms with van der Waals surface area (Å²) in [7, 11) is 0. The van der Waals surface area contributed by atoms with Gasteiger partial charge in [0.15, 0.2) is 10.8 Å². The van der Waals surface area contributed by atoms with Crippen molar-refractivity contribution < 1.29 is 9.15 Å². The zero-order chi connectivity index (χ0) is 16.4. The van der Waals surface area contributed by atoms with Crippen LogP contribution in [0.15, 0.2) is 52.3 Å². The standard InChI is InChI=1S/C19H20N2O2S/c1-14-7-8-17(23-14)19-20-16(13-24-19)11-21-9-10-22-18(12-21)15-5-3-2-4-6-15/h2-8,13,18H,9-12H2,1H3/t18-/m1/s1. The molecule has 0 saturated carbocycles. The summed E-state index contributed by atoms with van der Waals surface area (Å²) in [5, 5.41) is 3.08. The normalized spacial score (nSPS) is 18.8. The van der Waals surface area contributed by atoms with Gasteiger partial charge >= 0.3 is 0 Å². The lowest BCUT2D eigenvalue weighted by atomic mass is 10.1.